The third-order valence-electron chi connectivity index (χ3n) is 5.09. The highest BCUT2D eigenvalue weighted by molar-refractivity contribution is 6.01. The predicted octanol–water partition coefficient (Wildman–Crippen LogP) is 3.79. The van der Waals surface area contributed by atoms with Gasteiger partial charge in [-0.05, 0) is 24.3 Å². The maximum Gasteiger partial charge on any atom is 0.345 e. The lowest BCUT2D eigenvalue weighted by Gasteiger charge is -2.29. The summed E-state index contributed by atoms with van der Waals surface area (Å²) in [5.41, 5.74) is -0.174. The van der Waals surface area contributed by atoms with Gasteiger partial charge in [0, 0.05) is 42.1 Å². The van der Waals surface area contributed by atoms with Gasteiger partial charge in [-0.3, -0.25) is 15.1 Å². The minimum Gasteiger partial charge on any atom is -0.465 e. The minimum absolute atomic E-state index is 0.0310. The van der Waals surface area contributed by atoms with Crippen LogP contribution in [0.2, 0.25) is 0 Å². The number of carbonyl (C=O) groups is 1. The Labute approximate surface area is 180 Å². The van der Waals surface area contributed by atoms with Crippen molar-refractivity contribution >= 4 is 39.6 Å². The van der Waals surface area contributed by atoms with Crippen LogP contribution < -0.4 is 10.2 Å². The number of nitro benzene ring substituents is 1. The van der Waals surface area contributed by atoms with Crippen LogP contribution >= 0.6 is 0 Å². The molecule has 0 aliphatic carbocycles. The molecule has 9 nitrogen and oxygen atoms in total. The summed E-state index contributed by atoms with van der Waals surface area (Å²) in [6.45, 7) is 1.96. The number of pyridine rings is 1. The van der Waals surface area contributed by atoms with Gasteiger partial charge in [-0.1, -0.05) is 0 Å². The molecule has 1 aliphatic heterocycles. The molecule has 2 aromatic carbocycles. The van der Waals surface area contributed by atoms with Gasteiger partial charge in [0.1, 0.15) is 22.6 Å². The van der Waals surface area contributed by atoms with E-state index in [9.17, 15) is 23.7 Å². The summed E-state index contributed by atoms with van der Waals surface area (Å²) >= 11 is 0. The summed E-state index contributed by atoms with van der Waals surface area (Å²) < 4.78 is 38.1. The third kappa shape index (κ3) is 4.02. The molecule has 1 saturated heterocycles. The number of methoxy groups -OCH3 is 1. The van der Waals surface area contributed by atoms with Gasteiger partial charge >= 0.3 is 11.7 Å². The highest BCUT2D eigenvalue weighted by Gasteiger charge is 2.29. The zero-order valence-corrected chi connectivity index (χ0v) is 16.9. The Morgan fingerprint density at radius 3 is 2.66 bits per heavy atom. The number of morpholine rings is 1. The lowest BCUT2D eigenvalue weighted by Crippen LogP contribution is -2.36. The Balaban J connectivity index is 1.90. The Hall–Kier alpha value is -3.86. The molecule has 1 aromatic heterocycles. The predicted molar refractivity (Wildman–Crippen MR) is 112 cm³/mol. The third-order valence-corrected chi connectivity index (χ3v) is 5.09. The van der Waals surface area contributed by atoms with Gasteiger partial charge < -0.3 is 19.7 Å². The second-order valence-electron chi connectivity index (χ2n) is 7.00. The van der Waals surface area contributed by atoms with Crippen molar-refractivity contribution in [3.63, 3.8) is 0 Å². The van der Waals surface area contributed by atoms with Gasteiger partial charge in [-0.25, -0.2) is 13.6 Å². The van der Waals surface area contributed by atoms with E-state index in [-0.39, 0.29) is 27.8 Å². The number of nitro groups is 1. The number of fused-ring (bicyclic) bond motifs is 1. The number of halogens is 2. The Bertz CT molecular complexity index is 1210. The lowest BCUT2D eigenvalue weighted by atomic mass is 10.1. The van der Waals surface area contributed by atoms with E-state index in [1.54, 1.807) is 0 Å². The number of hydrogen-bond donors (Lipinski definition) is 1. The summed E-state index contributed by atoms with van der Waals surface area (Å²) in [7, 11) is 1.13. The molecule has 0 radical (unpaired) electrons. The van der Waals surface area contributed by atoms with Gasteiger partial charge in [0.25, 0.3) is 0 Å². The first-order valence-electron chi connectivity index (χ1n) is 9.63. The first-order valence-corrected chi connectivity index (χ1v) is 9.63. The van der Waals surface area contributed by atoms with Crippen LogP contribution in [0.5, 0.6) is 0 Å². The molecule has 32 heavy (non-hydrogen) atoms. The molecule has 0 spiro atoms. The van der Waals surface area contributed by atoms with E-state index in [1.165, 1.54) is 24.4 Å². The molecule has 1 fully saturated rings. The summed E-state index contributed by atoms with van der Waals surface area (Å²) in [5.74, 6) is -2.57. The Kier molecular flexibility index (Phi) is 5.82. The molecule has 0 atom stereocenters. The van der Waals surface area contributed by atoms with Crippen LogP contribution in [0.25, 0.3) is 10.9 Å². The molecule has 11 heteroatoms. The van der Waals surface area contributed by atoms with Crippen molar-refractivity contribution in [2.75, 3.05) is 43.6 Å². The van der Waals surface area contributed by atoms with Gasteiger partial charge in [0.2, 0.25) is 0 Å². The summed E-state index contributed by atoms with van der Waals surface area (Å²) in [4.78, 5) is 29.4. The zero-order valence-electron chi connectivity index (χ0n) is 16.9. The maximum atomic E-state index is 14.2. The van der Waals surface area contributed by atoms with Crippen LogP contribution in [-0.2, 0) is 9.47 Å². The number of ether oxygens (including phenoxy) is 2. The van der Waals surface area contributed by atoms with Gasteiger partial charge in [0.15, 0.2) is 5.82 Å². The lowest BCUT2D eigenvalue weighted by molar-refractivity contribution is -0.384. The highest BCUT2D eigenvalue weighted by Crippen LogP contribution is 2.38. The number of nitrogens with one attached hydrogen (secondary N) is 1. The van der Waals surface area contributed by atoms with E-state index in [0.717, 1.165) is 13.2 Å². The van der Waals surface area contributed by atoms with Gasteiger partial charge in [-0.15, -0.1) is 0 Å². The van der Waals surface area contributed by atoms with E-state index >= 15 is 0 Å². The second-order valence-corrected chi connectivity index (χ2v) is 7.00. The Morgan fingerprint density at radius 1 is 1.22 bits per heavy atom. The number of esters is 1. The molecule has 1 N–H and O–H groups in total. The Morgan fingerprint density at radius 2 is 1.97 bits per heavy atom. The maximum absolute atomic E-state index is 14.2. The number of hydrogen-bond acceptors (Lipinski definition) is 8. The zero-order chi connectivity index (χ0) is 22.8. The van der Waals surface area contributed by atoms with Gasteiger partial charge in [0.05, 0.1) is 25.2 Å². The molecule has 0 saturated carbocycles. The van der Waals surface area contributed by atoms with Crippen LogP contribution in [0.4, 0.5) is 31.5 Å². The van der Waals surface area contributed by atoms with E-state index in [2.05, 4.69) is 10.3 Å². The average Bonchev–Trinajstić information content (AvgIpc) is 2.79. The number of nitrogens with zero attached hydrogens (tertiary/aromatic N) is 3. The number of carbonyl (C=O) groups excluding carboxylic acids is 1. The molecule has 0 bridgehead atoms. The van der Waals surface area contributed by atoms with E-state index < -0.39 is 28.2 Å². The standard InChI is InChI=1S/C21H18F2N4O5/c1-31-21(28)15-10-13(26-4-6-32-7-5-26)11-18(20(15)27(29)30)25-17-2-3-24-19-14(17)8-12(22)9-16(19)23/h2-3,8-11H,4-7H2,1H3,(H,24,25). The minimum atomic E-state index is -0.883. The van der Waals surface area contributed by atoms with Crippen LogP contribution in [0.15, 0.2) is 36.5 Å². The van der Waals surface area contributed by atoms with Crippen LogP contribution in [-0.4, -0.2) is 49.3 Å². The number of rotatable bonds is 5. The number of aromatic nitrogens is 1. The van der Waals surface area contributed by atoms with Gasteiger partial charge in [-0.2, -0.15) is 0 Å². The fourth-order valence-corrected chi connectivity index (χ4v) is 3.61. The SMILES string of the molecule is COC(=O)c1cc(N2CCOCC2)cc(Nc2ccnc3c(F)cc(F)cc23)c1[N+](=O)[O-]. The van der Waals surface area contributed by atoms with Crippen molar-refractivity contribution in [2.24, 2.45) is 0 Å². The molecule has 0 amide bonds. The molecule has 3 aromatic rings. The fourth-order valence-electron chi connectivity index (χ4n) is 3.61. The molecule has 166 valence electrons. The fraction of sp³-hybridized carbons (Fsp3) is 0.238. The van der Waals surface area contributed by atoms with E-state index in [0.29, 0.717) is 38.1 Å². The van der Waals surface area contributed by atoms with Crippen LogP contribution in [0.1, 0.15) is 10.4 Å². The number of anilines is 3. The van der Waals surface area contributed by atoms with Crippen molar-refractivity contribution in [3.8, 4) is 0 Å². The summed E-state index contributed by atoms with van der Waals surface area (Å²) in [5, 5.41) is 14.9. The molecular weight excluding hydrogens is 426 g/mol. The summed E-state index contributed by atoms with van der Waals surface area (Å²) in [6, 6.07) is 6.12. The van der Waals surface area contributed by atoms with Crippen LogP contribution in [0.3, 0.4) is 0 Å². The van der Waals surface area contributed by atoms with Crippen LogP contribution in [0, 0.1) is 21.7 Å². The molecule has 2 heterocycles. The van der Waals surface area contributed by atoms with E-state index in [1.807, 2.05) is 4.90 Å². The van der Waals surface area contributed by atoms with Crippen molar-refractivity contribution < 1.29 is 28.0 Å². The quantitative estimate of drug-likeness (QED) is 0.360. The van der Waals surface area contributed by atoms with Crippen molar-refractivity contribution in [1.29, 1.82) is 0 Å². The second kappa shape index (κ2) is 8.71. The average molecular weight is 444 g/mol. The largest absolute Gasteiger partial charge is 0.465 e. The topological polar surface area (TPSA) is 107 Å². The highest BCUT2D eigenvalue weighted by atomic mass is 19.1. The van der Waals surface area contributed by atoms with Crippen molar-refractivity contribution in [1.82, 2.24) is 4.98 Å². The first kappa shape index (κ1) is 21.4. The summed E-state index contributed by atoms with van der Waals surface area (Å²) in [6.07, 6.45) is 1.30. The first-order chi connectivity index (χ1) is 15.4. The smallest absolute Gasteiger partial charge is 0.345 e. The monoisotopic (exact) mass is 444 g/mol. The van der Waals surface area contributed by atoms with Crippen molar-refractivity contribution in [3.05, 3.63) is 63.8 Å². The van der Waals surface area contributed by atoms with Crippen molar-refractivity contribution in [2.45, 2.75) is 0 Å². The molecule has 0 unspecified atom stereocenters. The molecule has 1 aliphatic rings. The molecule has 4 rings (SSSR count). The number of benzene rings is 2. The van der Waals surface area contributed by atoms with E-state index in [4.69, 9.17) is 9.47 Å². The normalized spacial score (nSPS) is 13.8. The molecular formula is C21H18F2N4O5.